The second-order valence-electron chi connectivity index (χ2n) is 26.8. The first kappa shape index (κ1) is 62.2. The molecule has 0 spiro atoms. The third-order valence-corrected chi connectivity index (χ3v) is 47.6. The summed E-state index contributed by atoms with van der Waals surface area (Å²) >= 11 is -5.63. The van der Waals surface area contributed by atoms with Crippen LogP contribution in [0.4, 0.5) is 0 Å². The molecule has 416 valence electrons. The van der Waals surface area contributed by atoms with Crippen molar-refractivity contribution in [3.63, 3.8) is 0 Å². The first-order valence-corrected chi connectivity index (χ1v) is 54.1. The van der Waals surface area contributed by atoms with Gasteiger partial charge in [0.2, 0.25) is 0 Å². The van der Waals surface area contributed by atoms with Crippen molar-refractivity contribution in [3.8, 4) is 22.3 Å². The van der Waals surface area contributed by atoms with Gasteiger partial charge in [-0.25, -0.2) is 0 Å². The molecule has 0 bridgehead atoms. The van der Waals surface area contributed by atoms with Crippen molar-refractivity contribution < 1.29 is 66.7 Å². The smallest absolute Gasteiger partial charge is 1.00 e. The van der Waals surface area contributed by atoms with E-state index in [1.165, 1.54) is 76.4 Å². The molecular weight excluding hydrogens is 1430 g/mol. The van der Waals surface area contributed by atoms with E-state index in [2.05, 4.69) is 297 Å². The van der Waals surface area contributed by atoms with Crippen LogP contribution in [0.5, 0.6) is 0 Å². The average molecular weight is 1510 g/mol. The Hall–Kier alpha value is -4.35. The zero-order chi connectivity index (χ0) is 56.1. The molecule has 82 heavy (non-hydrogen) atoms. The van der Waals surface area contributed by atoms with E-state index < -0.39 is 74.2 Å². The van der Waals surface area contributed by atoms with E-state index in [4.69, 9.17) is 0 Å². The van der Waals surface area contributed by atoms with Crippen LogP contribution >= 0.6 is 0 Å². The third kappa shape index (κ3) is 13.1. The number of allylic oxidation sites excluding steroid dienone is 8. The van der Waals surface area contributed by atoms with Crippen LogP contribution in [-0.4, -0.2) is 38.8 Å². The molecule has 8 aromatic carbocycles. The standard InChI is InChI=1S/2C19H26Si2.2C13H9.2C5H5.2ClH.2Hf/c2*1-20(2,3)18-11-7-16(8-12-18)15-17-9-13-19(14-10-17)21(4,5)6;2*1-3-7-12-10(5-1)9-11-6-2-4-8-13(11)12;2*1-2-4-5-3-1;;;;/h2*7-14H,1-6H3;2*1-5,7-8H,9H2;2*1-3H,4H2;2*1H;;/p-2. The molecule has 0 radical (unpaired) electrons. The fraction of sp³-hybridized carbons (Fsp3) is 0.216. The van der Waals surface area contributed by atoms with Crippen LogP contribution in [0.1, 0.15) is 57.3 Å². The molecule has 0 aliphatic heterocycles. The van der Waals surface area contributed by atoms with E-state index in [0.29, 0.717) is 0 Å². The van der Waals surface area contributed by atoms with Gasteiger partial charge in [-0.2, -0.15) is 0 Å². The van der Waals surface area contributed by atoms with Gasteiger partial charge in [0.15, 0.2) is 0 Å². The van der Waals surface area contributed by atoms with Crippen molar-refractivity contribution in [2.24, 2.45) is 0 Å². The van der Waals surface area contributed by atoms with Gasteiger partial charge in [-0.3, -0.25) is 0 Å². The van der Waals surface area contributed by atoms with E-state index in [0.717, 1.165) is 25.7 Å². The predicted molar refractivity (Wildman–Crippen MR) is 356 cm³/mol. The zero-order valence-corrected chi connectivity index (χ0v) is 63.1. The van der Waals surface area contributed by atoms with Crippen LogP contribution in [0.2, 0.25) is 78.6 Å². The van der Waals surface area contributed by atoms with E-state index in [1.54, 1.807) is 30.9 Å². The molecule has 0 unspecified atom stereocenters. The second-order valence-corrected chi connectivity index (χ2v) is 64.6. The van der Waals surface area contributed by atoms with Crippen molar-refractivity contribution >= 4 is 66.2 Å². The average Bonchev–Trinajstić information content (AvgIpc) is 4.42. The molecule has 0 fully saturated rings. The Morgan fingerprint density at radius 2 is 0.598 bits per heavy atom. The van der Waals surface area contributed by atoms with E-state index >= 15 is 0 Å². The molecule has 4 aliphatic carbocycles. The minimum atomic E-state index is -2.82. The van der Waals surface area contributed by atoms with Crippen LogP contribution in [0, 0.1) is 0 Å². The molecule has 0 saturated carbocycles. The Kier molecular flexibility index (Phi) is 19.2. The van der Waals surface area contributed by atoms with Gasteiger partial charge in [-0.1, -0.05) is 0 Å². The molecule has 0 amide bonds. The second kappa shape index (κ2) is 25.3. The number of benzene rings is 8. The Balaban J connectivity index is 0.000000193. The van der Waals surface area contributed by atoms with Crippen LogP contribution in [0.25, 0.3) is 22.3 Å². The van der Waals surface area contributed by atoms with Crippen LogP contribution < -0.4 is 52.2 Å². The Morgan fingerprint density at radius 1 is 0.317 bits per heavy atom. The third-order valence-electron chi connectivity index (χ3n) is 17.1. The molecule has 0 heterocycles. The number of hydrogen-bond donors (Lipinski definition) is 0. The summed E-state index contributed by atoms with van der Waals surface area (Å²) in [4.78, 5) is 0. The van der Waals surface area contributed by atoms with E-state index in [9.17, 15) is 0 Å². The maximum atomic E-state index is 2.50. The largest absolute Gasteiger partial charge is 1.00 e. The van der Waals surface area contributed by atoms with Crippen molar-refractivity contribution in [1.82, 2.24) is 0 Å². The number of fused-ring (bicyclic) bond motifs is 6. The van der Waals surface area contributed by atoms with Crippen molar-refractivity contribution in [2.75, 3.05) is 0 Å². The van der Waals surface area contributed by atoms with E-state index in [-0.39, 0.29) is 24.8 Å². The van der Waals surface area contributed by atoms with Gasteiger partial charge in [0.1, 0.15) is 0 Å². The molecule has 0 N–H and O–H groups in total. The first-order chi connectivity index (χ1) is 38.2. The fourth-order valence-electron chi connectivity index (χ4n) is 12.4. The maximum Gasteiger partial charge on any atom is -1.00 e. The number of hydrogen-bond acceptors (Lipinski definition) is 0. The van der Waals surface area contributed by atoms with Crippen molar-refractivity contribution in [3.05, 3.63) is 270 Å². The van der Waals surface area contributed by atoms with Gasteiger partial charge in [-0.15, -0.1) is 0 Å². The van der Waals surface area contributed by atoms with Gasteiger partial charge in [0, 0.05) is 0 Å². The zero-order valence-electron chi connectivity index (χ0n) is 50.4. The summed E-state index contributed by atoms with van der Waals surface area (Å²) in [5, 5.41) is 6.15. The number of rotatable bonds is 12. The van der Waals surface area contributed by atoms with Crippen LogP contribution in [-0.2, 0) is 54.8 Å². The summed E-state index contributed by atoms with van der Waals surface area (Å²) in [5.41, 5.74) is 17.7. The summed E-state index contributed by atoms with van der Waals surface area (Å²) in [6.45, 7) is 29.4. The summed E-state index contributed by atoms with van der Waals surface area (Å²) in [6, 6.07) is 71.7. The van der Waals surface area contributed by atoms with Crippen LogP contribution in [0.15, 0.2) is 225 Å². The minimum absolute atomic E-state index is 0. The topological polar surface area (TPSA) is 0 Å². The molecule has 4 aliphatic rings. The monoisotopic (exact) mass is 1510 g/mol. The van der Waals surface area contributed by atoms with Gasteiger partial charge >= 0.3 is 504 Å². The van der Waals surface area contributed by atoms with E-state index in [1.807, 2.05) is 0 Å². The van der Waals surface area contributed by atoms with Gasteiger partial charge in [0.05, 0.1) is 0 Å². The minimum Gasteiger partial charge on any atom is -1.00 e. The van der Waals surface area contributed by atoms with Crippen LogP contribution in [0.3, 0.4) is 0 Å². The summed E-state index contributed by atoms with van der Waals surface area (Å²) in [7, 11) is -5.50. The van der Waals surface area contributed by atoms with Gasteiger partial charge < -0.3 is 24.8 Å². The Labute approximate surface area is 523 Å². The first-order valence-electron chi connectivity index (χ1n) is 29.3. The normalized spacial score (nSPS) is 13.8. The van der Waals surface area contributed by atoms with Gasteiger partial charge in [0.25, 0.3) is 0 Å². The SMILES string of the molecule is C[Si](C)(C)c1ccc([C](c2ccc([Si](C)(C)C)cc2)=[Hf]([C]2=CC=CC2)[c]2cccc3c2Cc2ccccc2-3)cc1.C[Si](C)(C)c1ccc([C](c2ccc([Si](C)(C)C)cc2)=[Hf]([C]2=CC=CC2)[c]2cccc3c2Cc2ccccc2-3)cc1.[Cl-].[Cl-]. The van der Waals surface area contributed by atoms with Gasteiger partial charge in [-0.05, 0) is 0 Å². The Bertz CT molecular complexity index is 3500. The van der Waals surface area contributed by atoms with Crippen molar-refractivity contribution in [1.29, 1.82) is 0 Å². The molecule has 8 heteroatoms. The summed E-state index contributed by atoms with van der Waals surface area (Å²) < 4.78 is 10.0. The van der Waals surface area contributed by atoms with Crippen molar-refractivity contribution in [2.45, 2.75) is 104 Å². The molecule has 12 rings (SSSR count). The Morgan fingerprint density at radius 3 is 0.866 bits per heavy atom. The fourth-order valence-corrected chi connectivity index (χ4v) is 40.2. The molecular formula is C74H80Cl2Hf2Si4-2. The summed E-state index contributed by atoms with van der Waals surface area (Å²) in [6.07, 6.45) is 18.6. The molecule has 0 atom stereocenters. The molecule has 0 saturated heterocycles. The maximum absolute atomic E-state index is 2.82. The molecule has 8 aromatic rings. The quantitative estimate of drug-likeness (QED) is 0.107. The summed E-state index contributed by atoms with van der Waals surface area (Å²) in [5.74, 6) is 0. The molecule has 0 nitrogen and oxygen atoms in total. The molecule has 0 aromatic heterocycles. The number of halogens is 2. The predicted octanol–water partition coefficient (Wildman–Crippen LogP) is 9.42.